The average molecular weight is 271 g/mol. The predicted molar refractivity (Wildman–Crippen MR) is 77.2 cm³/mol. The molecule has 1 atom stereocenters. The van der Waals surface area contributed by atoms with Crippen LogP contribution in [0, 0.1) is 0 Å². The zero-order chi connectivity index (χ0) is 14.4. The number of carbonyl (C=O) groups excluding carboxylic acids is 1. The van der Waals surface area contributed by atoms with Crippen molar-refractivity contribution in [1.82, 2.24) is 15.3 Å². The number of methoxy groups -OCH3 is 1. The van der Waals surface area contributed by atoms with Crippen molar-refractivity contribution in [3.8, 4) is 5.75 Å². The van der Waals surface area contributed by atoms with Crippen molar-refractivity contribution in [2.45, 2.75) is 13.0 Å². The molecular formula is C15H17N3O2. The van der Waals surface area contributed by atoms with Gasteiger partial charge in [0.25, 0.3) is 0 Å². The van der Waals surface area contributed by atoms with Gasteiger partial charge in [0.05, 0.1) is 13.2 Å². The smallest absolute Gasteiger partial charge is 0.244 e. The Morgan fingerprint density at radius 3 is 2.95 bits per heavy atom. The summed E-state index contributed by atoms with van der Waals surface area (Å²) in [7, 11) is 1.60. The molecule has 0 saturated heterocycles. The highest BCUT2D eigenvalue weighted by Gasteiger charge is 2.09. The van der Waals surface area contributed by atoms with E-state index in [1.165, 1.54) is 6.08 Å². The summed E-state index contributed by atoms with van der Waals surface area (Å²) in [5, 5.41) is 2.83. The second kappa shape index (κ2) is 6.56. The Morgan fingerprint density at radius 2 is 2.25 bits per heavy atom. The van der Waals surface area contributed by atoms with E-state index in [4.69, 9.17) is 4.74 Å². The Bertz CT molecular complexity index is 591. The van der Waals surface area contributed by atoms with Gasteiger partial charge in [-0.2, -0.15) is 0 Å². The molecule has 2 aromatic rings. The number of nitrogens with one attached hydrogen (secondary N) is 2. The van der Waals surface area contributed by atoms with Crippen LogP contribution in [0.5, 0.6) is 5.75 Å². The number of nitrogens with zero attached hydrogens (tertiary/aromatic N) is 1. The number of benzene rings is 1. The molecule has 1 aromatic heterocycles. The summed E-state index contributed by atoms with van der Waals surface area (Å²) in [6, 6.07) is 7.35. The SMILES string of the molecule is COc1ccccc1/C=C/C(=O)NC(C)c1ncc[nH]1. The highest BCUT2D eigenvalue weighted by Crippen LogP contribution is 2.18. The predicted octanol–water partition coefficient (Wildman–Crippen LogP) is 2.31. The summed E-state index contributed by atoms with van der Waals surface area (Å²) in [5.74, 6) is 1.28. The van der Waals surface area contributed by atoms with Crippen LogP contribution in [0.15, 0.2) is 42.7 Å². The Kier molecular flexibility index (Phi) is 4.55. The number of ether oxygens (including phenoxy) is 1. The fourth-order valence-corrected chi connectivity index (χ4v) is 1.81. The maximum atomic E-state index is 11.8. The van der Waals surface area contributed by atoms with E-state index < -0.39 is 0 Å². The lowest BCUT2D eigenvalue weighted by molar-refractivity contribution is -0.117. The Balaban J connectivity index is 1.99. The molecule has 0 aliphatic rings. The molecule has 1 amide bonds. The van der Waals surface area contributed by atoms with E-state index in [0.717, 1.165) is 17.1 Å². The minimum Gasteiger partial charge on any atom is -0.496 e. The van der Waals surface area contributed by atoms with E-state index in [-0.39, 0.29) is 11.9 Å². The van der Waals surface area contributed by atoms with Crippen LogP contribution in [0.1, 0.15) is 24.4 Å². The van der Waals surface area contributed by atoms with E-state index in [0.29, 0.717) is 0 Å². The molecule has 0 aliphatic heterocycles. The molecule has 0 saturated carbocycles. The maximum Gasteiger partial charge on any atom is 0.244 e. The van der Waals surface area contributed by atoms with Crippen LogP contribution >= 0.6 is 0 Å². The third kappa shape index (κ3) is 3.47. The fourth-order valence-electron chi connectivity index (χ4n) is 1.81. The fraction of sp³-hybridized carbons (Fsp3) is 0.200. The van der Waals surface area contributed by atoms with Gasteiger partial charge in [-0.15, -0.1) is 0 Å². The molecule has 20 heavy (non-hydrogen) atoms. The van der Waals surface area contributed by atoms with Gasteiger partial charge < -0.3 is 15.0 Å². The van der Waals surface area contributed by atoms with Gasteiger partial charge in [0.2, 0.25) is 5.91 Å². The lowest BCUT2D eigenvalue weighted by Crippen LogP contribution is -2.25. The molecule has 5 nitrogen and oxygen atoms in total. The number of carbonyl (C=O) groups is 1. The van der Waals surface area contributed by atoms with E-state index in [9.17, 15) is 4.79 Å². The second-order valence-electron chi connectivity index (χ2n) is 4.28. The lowest BCUT2D eigenvalue weighted by atomic mass is 10.2. The summed E-state index contributed by atoms with van der Waals surface area (Å²) in [6.45, 7) is 1.87. The van der Waals surface area contributed by atoms with Gasteiger partial charge in [-0.3, -0.25) is 4.79 Å². The molecule has 104 valence electrons. The quantitative estimate of drug-likeness (QED) is 0.820. The molecule has 0 spiro atoms. The molecule has 1 aromatic carbocycles. The van der Waals surface area contributed by atoms with Gasteiger partial charge in [-0.05, 0) is 19.1 Å². The van der Waals surface area contributed by atoms with Gasteiger partial charge in [0.1, 0.15) is 11.6 Å². The molecule has 2 rings (SSSR count). The second-order valence-corrected chi connectivity index (χ2v) is 4.28. The monoisotopic (exact) mass is 271 g/mol. The minimum absolute atomic E-state index is 0.167. The number of rotatable bonds is 5. The first-order valence-corrected chi connectivity index (χ1v) is 6.31. The molecule has 5 heteroatoms. The van der Waals surface area contributed by atoms with Crippen molar-refractivity contribution in [1.29, 1.82) is 0 Å². The average Bonchev–Trinajstić information content (AvgIpc) is 2.99. The number of imidazole rings is 1. The topological polar surface area (TPSA) is 67.0 Å². The van der Waals surface area contributed by atoms with Crippen LogP contribution in [0.3, 0.4) is 0 Å². The van der Waals surface area contributed by atoms with Crippen LogP contribution in [-0.2, 0) is 4.79 Å². The molecule has 1 heterocycles. The Morgan fingerprint density at radius 1 is 1.45 bits per heavy atom. The van der Waals surface area contributed by atoms with E-state index in [1.807, 2.05) is 31.2 Å². The van der Waals surface area contributed by atoms with Crippen molar-refractivity contribution in [2.24, 2.45) is 0 Å². The number of hydrogen-bond donors (Lipinski definition) is 2. The van der Waals surface area contributed by atoms with Gasteiger partial charge in [0, 0.05) is 24.0 Å². The Labute approximate surface area is 117 Å². The van der Waals surface area contributed by atoms with Crippen LogP contribution in [0.25, 0.3) is 6.08 Å². The van der Waals surface area contributed by atoms with Crippen molar-refractivity contribution in [3.05, 3.63) is 54.1 Å². The largest absolute Gasteiger partial charge is 0.496 e. The number of amides is 1. The first-order valence-electron chi connectivity index (χ1n) is 6.31. The summed E-state index contributed by atoms with van der Waals surface area (Å²) in [4.78, 5) is 18.9. The maximum absolute atomic E-state index is 11.8. The molecule has 2 N–H and O–H groups in total. The third-order valence-electron chi connectivity index (χ3n) is 2.84. The van der Waals surface area contributed by atoms with E-state index in [2.05, 4.69) is 15.3 Å². The lowest BCUT2D eigenvalue weighted by Gasteiger charge is -2.09. The molecule has 1 unspecified atom stereocenters. The van der Waals surface area contributed by atoms with Gasteiger partial charge in [-0.1, -0.05) is 18.2 Å². The van der Waals surface area contributed by atoms with Gasteiger partial charge in [0.15, 0.2) is 0 Å². The third-order valence-corrected chi connectivity index (χ3v) is 2.84. The standard InChI is InChI=1S/C15H17N3O2/c1-11(15-16-9-10-17-15)18-14(19)8-7-12-5-3-4-6-13(12)20-2/h3-11H,1-2H3,(H,16,17)(H,18,19)/b8-7+. The number of H-pyrrole nitrogens is 1. The number of aromatic nitrogens is 2. The normalized spacial score (nSPS) is 12.3. The zero-order valence-electron chi connectivity index (χ0n) is 11.5. The first-order chi connectivity index (χ1) is 9.70. The van der Waals surface area contributed by atoms with E-state index in [1.54, 1.807) is 25.6 Å². The van der Waals surface area contributed by atoms with Gasteiger partial charge >= 0.3 is 0 Å². The summed E-state index contributed by atoms with van der Waals surface area (Å²) < 4.78 is 5.22. The molecule has 0 fully saturated rings. The number of aromatic amines is 1. The van der Waals surface area contributed by atoms with Crippen molar-refractivity contribution < 1.29 is 9.53 Å². The zero-order valence-corrected chi connectivity index (χ0v) is 11.5. The summed E-state index contributed by atoms with van der Waals surface area (Å²) in [5.41, 5.74) is 0.857. The van der Waals surface area contributed by atoms with Crippen molar-refractivity contribution in [2.75, 3.05) is 7.11 Å². The van der Waals surface area contributed by atoms with Crippen LogP contribution in [0.4, 0.5) is 0 Å². The number of para-hydroxylation sites is 1. The van der Waals surface area contributed by atoms with Crippen LogP contribution in [-0.4, -0.2) is 23.0 Å². The molecule has 0 bridgehead atoms. The highest BCUT2D eigenvalue weighted by atomic mass is 16.5. The van der Waals surface area contributed by atoms with Crippen LogP contribution < -0.4 is 10.1 Å². The molecule has 0 aliphatic carbocycles. The summed E-state index contributed by atoms with van der Waals surface area (Å²) >= 11 is 0. The first kappa shape index (κ1) is 13.9. The van der Waals surface area contributed by atoms with Crippen molar-refractivity contribution >= 4 is 12.0 Å². The molecular weight excluding hydrogens is 254 g/mol. The van der Waals surface area contributed by atoms with Crippen molar-refractivity contribution in [3.63, 3.8) is 0 Å². The number of hydrogen-bond acceptors (Lipinski definition) is 3. The highest BCUT2D eigenvalue weighted by molar-refractivity contribution is 5.92. The van der Waals surface area contributed by atoms with Crippen LogP contribution in [0.2, 0.25) is 0 Å². The Hall–Kier alpha value is -2.56. The minimum atomic E-state index is -0.181. The summed E-state index contributed by atoms with van der Waals surface area (Å²) in [6.07, 6.45) is 6.59. The van der Waals surface area contributed by atoms with E-state index >= 15 is 0 Å². The molecule has 0 radical (unpaired) electrons. The van der Waals surface area contributed by atoms with Gasteiger partial charge in [-0.25, -0.2) is 4.98 Å².